The molecule has 0 spiro atoms. The summed E-state index contributed by atoms with van der Waals surface area (Å²) in [5.41, 5.74) is 25.1. The molecule has 14 aromatic rings. The zero-order valence-corrected chi connectivity index (χ0v) is 47.0. The first-order valence-electron chi connectivity index (χ1n) is 29.1. The standard InChI is InChI=1S/C80H59N3/c1-79(2)72-34-20-18-30-65(72)67-43-38-54(49-74(67)79)52-36-40-59(41-37-52)81(56-22-8-5-9-23-56)61-46-55(47-62(50-61)82(57-24-10-6-11-25-57)60-42-44-68-66-31-19-21-35-73(66)80(3,4)75(68)51-60)53-39-45-76-71(48-53)77-69-32-16-14-28-63(69)64-29-15-17-33-70(64)78(77)83(76)58-26-12-7-13-27-58/h5-51H,1-4H3. The first kappa shape index (κ1) is 48.7. The van der Waals surface area contributed by atoms with Crippen LogP contribution < -0.4 is 9.80 Å². The second-order valence-electron chi connectivity index (χ2n) is 23.7. The molecule has 3 nitrogen and oxygen atoms in total. The average Bonchev–Trinajstić information content (AvgIpc) is 3.16. The lowest BCUT2D eigenvalue weighted by Gasteiger charge is -2.31. The SMILES string of the molecule is CC1(C)c2ccccc2-c2ccc(-c3ccc(N(c4ccccc4)c4cc(-c5ccc6c(c5)c5c7ccccc7c7ccccc7c5n6-c5ccccc5)cc(N(c5ccccc5)c5ccc6c(c5)C(C)(C)c5ccccc5-6)c4)cc3)cc21. The molecule has 13 aromatic carbocycles. The van der Waals surface area contributed by atoms with Gasteiger partial charge in [0.25, 0.3) is 0 Å². The number of aromatic nitrogens is 1. The molecule has 0 amide bonds. The van der Waals surface area contributed by atoms with Crippen LogP contribution in [0, 0.1) is 0 Å². The van der Waals surface area contributed by atoms with E-state index in [1.165, 1.54) is 99.0 Å². The highest BCUT2D eigenvalue weighted by molar-refractivity contribution is 6.32. The summed E-state index contributed by atoms with van der Waals surface area (Å²) in [6, 6.07) is 106. The van der Waals surface area contributed by atoms with Crippen molar-refractivity contribution in [2.24, 2.45) is 0 Å². The number of hydrogen-bond acceptors (Lipinski definition) is 2. The van der Waals surface area contributed by atoms with Gasteiger partial charge in [-0.2, -0.15) is 0 Å². The van der Waals surface area contributed by atoms with Crippen molar-refractivity contribution in [3.63, 3.8) is 0 Å². The number of benzene rings is 13. The lowest BCUT2D eigenvalue weighted by Crippen LogP contribution is -2.17. The van der Waals surface area contributed by atoms with Crippen molar-refractivity contribution >= 4 is 77.5 Å². The van der Waals surface area contributed by atoms with Crippen LogP contribution in [0.25, 0.3) is 93.5 Å². The van der Waals surface area contributed by atoms with Crippen molar-refractivity contribution in [1.29, 1.82) is 0 Å². The first-order chi connectivity index (χ1) is 40.7. The fraction of sp³-hybridized carbons (Fsp3) is 0.0750. The maximum atomic E-state index is 2.49. The van der Waals surface area contributed by atoms with Crippen LogP contribution in [0.15, 0.2) is 285 Å². The lowest BCUT2D eigenvalue weighted by atomic mass is 9.81. The second-order valence-corrected chi connectivity index (χ2v) is 23.7. The Morgan fingerprint density at radius 1 is 0.265 bits per heavy atom. The van der Waals surface area contributed by atoms with Crippen LogP contribution in [0.1, 0.15) is 49.9 Å². The first-order valence-corrected chi connectivity index (χ1v) is 29.1. The minimum Gasteiger partial charge on any atom is -0.310 e. The molecule has 0 bridgehead atoms. The monoisotopic (exact) mass is 1060 g/mol. The molecule has 0 radical (unpaired) electrons. The fourth-order valence-corrected chi connectivity index (χ4v) is 14.3. The molecule has 0 aliphatic heterocycles. The van der Waals surface area contributed by atoms with Crippen LogP contribution in [0.2, 0.25) is 0 Å². The summed E-state index contributed by atoms with van der Waals surface area (Å²) in [6.07, 6.45) is 0. The number of nitrogens with zero attached hydrogens (tertiary/aromatic N) is 3. The van der Waals surface area contributed by atoms with Gasteiger partial charge in [0.1, 0.15) is 0 Å². The highest BCUT2D eigenvalue weighted by atomic mass is 15.2. The van der Waals surface area contributed by atoms with E-state index in [0.717, 1.165) is 50.9 Å². The third-order valence-corrected chi connectivity index (χ3v) is 18.3. The zero-order chi connectivity index (χ0) is 55.6. The molecule has 3 heteroatoms. The van der Waals surface area contributed by atoms with Crippen molar-refractivity contribution in [2.75, 3.05) is 9.80 Å². The maximum absolute atomic E-state index is 2.49. The Morgan fingerprint density at radius 3 is 1.33 bits per heavy atom. The van der Waals surface area contributed by atoms with Crippen LogP contribution in [-0.4, -0.2) is 4.57 Å². The second kappa shape index (κ2) is 18.7. The number of rotatable bonds is 9. The molecular weight excluding hydrogens is 1000 g/mol. The molecule has 0 unspecified atom stereocenters. The van der Waals surface area contributed by atoms with E-state index in [2.05, 4.69) is 327 Å². The zero-order valence-electron chi connectivity index (χ0n) is 47.0. The Labute approximate surface area is 485 Å². The Morgan fingerprint density at radius 2 is 0.699 bits per heavy atom. The third kappa shape index (κ3) is 7.58. The quantitative estimate of drug-likeness (QED) is 0.134. The largest absolute Gasteiger partial charge is 0.310 e. The Bertz CT molecular complexity index is 4900. The van der Waals surface area contributed by atoms with Crippen molar-refractivity contribution < 1.29 is 0 Å². The summed E-state index contributed by atoms with van der Waals surface area (Å²) in [4.78, 5) is 4.90. The van der Waals surface area contributed by atoms with E-state index in [0.29, 0.717) is 0 Å². The van der Waals surface area contributed by atoms with E-state index < -0.39 is 0 Å². The number of fused-ring (bicyclic) bond motifs is 14. The lowest BCUT2D eigenvalue weighted by molar-refractivity contribution is 0.660. The minimum atomic E-state index is -0.182. The normalized spacial score (nSPS) is 13.5. The third-order valence-electron chi connectivity index (χ3n) is 18.3. The van der Waals surface area contributed by atoms with E-state index in [1.54, 1.807) is 0 Å². The van der Waals surface area contributed by atoms with Crippen LogP contribution in [0.4, 0.5) is 34.1 Å². The van der Waals surface area contributed by atoms with Crippen LogP contribution in [0.3, 0.4) is 0 Å². The molecule has 0 saturated heterocycles. The van der Waals surface area contributed by atoms with Gasteiger partial charge >= 0.3 is 0 Å². The van der Waals surface area contributed by atoms with E-state index in [9.17, 15) is 0 Å². The molecule has 0 saturated carbocycles. The summed E-state index contributed by atoms with van der Waals surface area (Å²) in [5.74, 6) is 0. The molecule has 83 heavy (non-hydrogen) atoms. The Hall–Kier alpha value is -10.2. The Balaban J connectivity index is 0.926. The predicted octanol–water partition coefficient (Wildman–Crippen LogP) is 22.0. The Kier molecular flexibility index (Phi) is 10.9. The molecule has 0 fully saturated rings. The van der Waals surface area contributed by atoms with Gasteiger partial charge in [-0.15, -0.1) is 0 Å². The van der Waals surface area contributed by atoms with Gasteiger partial charge in [-0.25, -0.2) is 0 Å². The van der Waals surface area contributed by atoms with Crippen molar-refractivity contribution in [1.82, 2.24) is 4.57 Å². The molecular formula is C80H59N3. The average molecular weight is 1060 g/mol. The number of anilines is 6. The van der Waals surface area contributed by atoms with Crippen LogP contribution in [0.5, 0.6) is 0 Å². The molecule has 394 valence electrons. The van der Waals surface area contributed by atoms with E-state index in [4.69, 9.17) is 0 Å². The van der Waals surface area contributed by atoms with Crippen molar-refractivity contribution in [3.8, 4) is 50.2 Å². The van der Waals surface area contributed by atoms with Crippen LogP contribution >= 0.6 is 0 Å². The molecule has 0 atom stereocenters. The van der Waals surface area contributed by atoms with Gasteiger partial charge in [0.05, 0.1) is 11.0 Å². The highest BCUT2D eigenvalue weighted by Crippen LogP contribution is 2.53. The van der Waals surface area contributed by atoms with Gasteiger partial charge in [-0.05, 0) is 180 Å². The minimum absolute atomic E-state index is 0.0883. The highest BCUT2D eigenvalue weighted by Gasteiger charge is 2.37. The fourth-order valence-electron chi connectivity index (χ4n) is 14.3. The van der Waals surface area contributed by atoms with Crippen molar-refractivity contribution in [3.05, 3.63) is 307 Å². The molecule has 1 aromatic heterocycles. The van der Waals surface area contributed by atoms with Crippen LogP contribution in [-0.2, 0) is 10.8 Å². The van der Waals surface area contributed by atoms with Gasteiger partial charge in [-0.3, -0.25) is 0 Å². The summed E-state index contributed by atoms with van der Waals surface area (Å²) >= 11 is 0. The van der Waals surface area contributed by atoms with E-state index in [-0.39, 0.29) is 10.8 Å². The molecule has 2 aliphatic carbocycles. The van der Waals surface area contributed by atoms with Gasteiger partial charge in [-0.1, -0.05) is 216 Å². The van der Waals surface area contributed by atoms with Gasteiger partial charge in [0.15, 0.2) is 0 Å². The summed E-state index contributed by atoms with van der Waals surface area (Å²) < 4.78 is 2.49. The molecule has 1 heterocycles. The van der Waals surface area contributed by atoms with Gasteiger partial charge in [0, 0.05) is 66.8 Å². The smallest absolute Gasteiger partial charge is 0.0625 e. The number of para-hydroxylation sites is 3. The van der Waals surface area contributed by atoms with E-state index >= 15 is 0 Å². The molecule has 0 N–H and O–H groups in total. The van der Waals surface area contributed by atoms with Gasteiger partial charge in [0.2, 0.25) is 0 Å². The topological polar surface area (TPSA) is 11.4 Å². The van der Waals surface area contributed by atoms with Gasteiger partial charge < -0.3 is 14.4 Å². The summed E-state index contributed by atoms with van der Waals surface area (Å²) in [7, 11) is 0. The van der Waals surface area contributed by atoms with E-state index in [1.807, 2.05) is 0 Å². The predicted molar refractivity (Wildman–Crippen MR) is 351 cm³/mol. The summed E-state index contributed by atoms with van der Waals surface area (Å²) in [6.45, 7) is 9.46. The molecule has 2 aliphatic rings. The van der Waals surface area contributed by atoms with Crippen molar-refractivity contribution in [2.45, 2.75) is 38.5 Å². The molecule has 16 rings (SSSR count). The maximum Gasteiger partial charge on any atom is 0.0625 e. The summed E-state index contributed by atoms with van der Waals surface area (Å²) in [5, 5.41) is 7.46. The number of hydrogen-bond donors (Lipinski definition) is 0.